The molecular weight excluding hydrogens is 330 g/mol. The van der Waals surface area contributed by atoms with Crippen molar-refractivity contribution >= 4 is 17.5 Å². The Morgan fingerprint density at radius 3 is 2.42 bits per heavy atom. The van der Waals surface area contributed by atoms with Crippen LogP contribution >= 0.6 is 0 Å². The summed E-state index contributed by atoms with van der Waals surface area (Å²) in [7, 11) is 1.68. The predicted octanol–water partition coefficient (Wildman–Crippen LogP) is 2.38. The van der Waals surface area contributed by atoms with Gasteiger partial charge in [0.15, 0.2) is 0 Å². The van der Waals surface area contributed by atoms with E-state index in [0.717, 1.165) is 30.9 Å². The monoisotopic (exact) mass is 361 g/mol. The molecule has 0 radical (unpaired) electrons. The molecule has 0 aliphatic carbocycles. The molecule has 26 heavy (non-hydrogen) atoms. The van der Waals surface area contributed by atoms with Gasteiger partial charge >= 0.3 is 0 Å². The van der Waals surface area contributed by atoms with Crippen LogP contribution in [0.1, 0.15) is 33.6 Å². The van der Waals surface area contributed by atoms with E-state index in [1.165, 1.54) is 0 Å². The summed E-state index contributed by atoms with van der Waals surface area (Å²) in [5.74, 6) is 1.02. The minimum absolute atomic E-state index is 0.0353. The van der Waals surface area contributed by atoms with E-state index in [4.69, 9.17) is 4.74 Å². The highest BCUT2D eigenvalue weighted by Crippen LogP contribution is 2.28. The van der Waals surface area contributed by atoms with E-state index in [9.17, 15) is 9.59 Å². The Morgan fingerprint density at radius 1 is 1.19 bits per heavy atom. The van der Waals surface area contributed by atoms with Crippen molar-refractivity contribution in [2.75, 3.05) is 44.7 Å². The number of amides is 2. The van der Waals surface area contributed by atoms with Crippen LogP contribution in [0.15, 0.2) is 24.3 Å². The van der Waals surface area contributed by atoms with E-state index >= 15 is 0 Å². The number of carbonyl (C=O) groups is 2. The van der Waals surface area contributed by atoms with Crippen molar-refractivity contribution in [3.8, 4) is 5.75 Å². The Morgan fingerprint density at radius 2 is 1.85 bits per heavy atom. The molecule has 1 heterocycles. The van der Waals surface area contributed by atoms with E-state index in [2.05, 4.69) is 11.8 Å². The van der Waals surface area contributed by atoms with E-state index in [-0.39, 0.29) is 17.9 Å². The molecule has 1 fully saturated rings. The average molecular weight is 361 g/mol. The molecule has 1 saturated heterocycles. The van der Waals surface area contributed by atoms with Crippen molar-refractivity contribution in [3.05, 3.63) is 24.3 Å². The summed E-state index contributed by atoms with van der Waals surface area (Å²) >= 11 is 0. The Balaban J connectivity index is 1.87. The Kier molecular flexibility index (Phi) is 7.30. The minimum atomic E-state index is 0.0353. The third-order valence-electron chi connectivity index (χ3n) is 5.15. The second kappa shape index (κ2) is 9.46. The van der Waals surface area contributed by atoms with Crippen LogP contribution in [0.5, 0.6) is 5.75 Å². The van der Waals surface area contributed by atoms with Crippen LogP contribution < -0.4 is 9.64 Å². The molecule has 6 heteroatoms. The number of rotatable bonds is 7. The molecule has 144 valence electrons. The molecule has 6 nitrogen and oxygen atoms in total. The van der Waals surface area contributed by atoms with Crippen molar-refractivity contribution in [1.82, 2.24) is 9.80 Å². The van der Waals surface area contributed by atoms with Crippen molar-refractivity contribution < 1.29 is 14.3 Å². The van der Waals surface area contributed by atoms with Crippen molar-refractivity contribution in [2.24, 2.45) is 0 Å². The summed E-state index contributed by atoms with van der Waals surface area (Å²) in [6.45, 7) is 9.11. The summed E-state index contributed by atoms with van der Waals surface area (Å²) in [5.41, 5.74) is 1.07. The Hall–Kier alpha value is -2.24. The van der Waals surface area contributed by atoms with Crippen molar-refractivity contribution in [2.45, 2.75) is 39.7 Å². The number of hydrogen-bond donors (Lipinski definition) is 0. The number of benzene rings is 1. The van der Waals surface area contributed by atoms with Gasteiger partial charge in [0.1, 0.15) is 5.75 Å². The highest BCUT2D eigenvalue weighted by molar-refractivity contribution is 5.78. The summed E-state index contributed by atoms with van der Waals surface area (Å²) < 4.78 is 5.43. The summed E-state index contributed by atoms with van der Waals surface area (Å²) in [6.07, 6.45) is 1.28. The van der Waals surface area contributed by atoms with Crippen LogP contribution in [0.3, 0.4) is 0 Å². The van der Waals surface area contributed by atoms with E-state index in [1.54, 1.807) is 18.9 Å². The molecule has 1 aliphatic heterocycles. The van der Waals surface area contributed by atoms with Gasteiger partial charge < -0.3 is 19.4 Å². The smallest absolute Gasteiger partial charge is 0.224 e. The molecule has 0 N–H and O–H groups in total. The third kappa shape index (κ3) is 4.90. The van der Waals surface area contributed by atoms with Gasteiger partial charge in [0.25, 0.3) is 0 Å². The molecule has 2 amide bonds. The normalized spacial score (nSPS) is 15.5. The lowest BCUT2D eigenvalue weighted by Crippen LogP contribution is -2.49. The quantitative estimate of drug-likeness (QED) is 0.748. The maximum Gasteiger partial charge on any atom is 0.224 e. The van der Waals surface area contributed by atoms with Crippen LogP contribution in [0.4, 0.5) is 5.69 Å². The Labute approximate surface area is 156 Å². The molecule has 1 atom stereocenters. The third-order valence-corrected chi connectivity index (χ3v) is 5.15. The Bertz CT molecular complexity index is 612. The van der Waals surface area contributed by atoms with Crippen LogP contribution in [0, 0.1) is 0 Å². The fraction of sp³-hybridized carbons (Fsp3) is 0.600. The lowest BCUT2D eigenvalue weighted by molar-refractivity contribution is -0.134. The first kappa shape index (κ1) is 20.1. The zero-order valence-electron chi connectivity index (χ0n) is 16.4. The van der Waals surface area contributed by atoms with Gasteiger partial charge in [0, 0.05) is 52.1 Å². The van der Waals surface area contributed by atoms with Gasteiger partial charge in [-0.15, -0.1) is 0 Å². The molecule has 1 aromatic carbocycles. The van der Waals surface area contributed by atoms with Crippen LogP contribution in [0.25, 0.3) is 0 Å². The number of hydrogen-bond acceptors (Lipinski definition) is 4. The van der Waals surface area contributed by atoms with Gasteiger partial charge in [-0.3, -0.25) is 9.59 Å². The number of piperazine rings is 1. The second-order valence-corrected chi connectivity index (χ2v) is 6.76. The van der Waals surface area contributed by atoms with Gasteiger partial charge in [-0.05, 0) is 25.5 Å². The van der Waals surface area contributed by atoms with Gasteiger partial charge in [-0.1, -0.05) is 19.1 Å². The first-order valence-electron chi connectivity index (χ1n) is 9.40. The maximum absolute atomic E-state index is 12.5. The van der Waals surface area contributed by atoms with Gasteiger partial charge in [0.2, 0.25) is 11.8 Å². The lowest BCUT2D eigenvalue weighted by Gasteiger charge is -2.37. The standard InChI is InChI=1S/C20H31N3O3/c1-5-16(2)23(17(3)24)11-10-20(25)22-14-12-21(13-15-22)18-8-6-7-9-19(18)26-4/h6-9,16H,5,10-15H2,1-4H3. The molecule has 0 aromatic heterocycles. The molecule has 1 aliphatic rings. The average Bonchev–Trinajstić information content (AvgIpc) is 2.67. The van der Waals surface area contributed by atoms with E-state index < -0.39 is 0 Å². The number of nitrogens with zero attached hydrogens (tertiary/aromatic N) is 3. The SMILES string of the molecule is CCC(C)N(CCC(=O)N1CCN(c2ccccc2OC)CC1)C(C)=O. The summed E-state index contributed by atoms with van der Waals surface area (Å²) in [6, 6.07) is 8.13. The number of methoxy groups -OCH3 is 1. The minimum Gasteiger partial charge on any atom is -0.495 e. The maximum atomic E-state index is 12.5. The van der Waals surface area contributed by atoms with Crippen molar-refractivity contribution in [1.29, 1.82) is 0 Å². The number of para-hydroxylation sites is 2. The van der Waals surface area contributed by atoms with Crippen LogP contribution in [-0.2, 0) is 9.59 Å². The molecule has 0 bridgehead atoms. The predicted molar refractivity (Wildman–Crippen MR) is 104 cm³/mol. The highest BCUT2D eigenvalue weighted by Gasteiger charge is 2.24. The number of ether oxygens (including phenoxy) is 1. The molecule has 1 aromatic rings. The first-order valence-corrected chi connectivity index (χ1v) is 9.40. The van der Waals surface area contributed by atoms with E-state index in [1.807, 2.05) is 36.1 Å². The number of anilines is 1. The zero-order valence-corrected chi connectivity index (χ0v) is 16.4. The molecule has 2 rings (SSSR count). The van der Waals surface area contributed by atoms with Crippen LogP contribution in [0.2, 0.25) is 0 Å². The fourth-order valence-electron chi connectivity index (χ4n) is 3.37. The summed E-state index contributed by atoms with van der Waals surface area (Å²) in [4.78, 5) is 30.3. The molecular formula is C20H31N3O3. The molecule has 0 saturated carbocycles. The second-order valence-electron chi connectivity index (χ2n) is 6.76. The topological polar surface area (TPSA) is 53.1 Å². The highest BCUT2D eigenvalue weighted by atomic mass is 16.5. The zero-order chi connectivity index (χ0) is 19.1. The van der Waals surface area contributed by atoms with Crippen LogP contribution in [-0.4, -0.2) is 67.5 Å². The van der Waals surface area contributed by atoms with Gasteiger partial charge in [-0.2, -0.15) is 0 Å². The summed E-state index contributed by atoms with van der Waals surface area (Å²) in [5, 5.41) is 0. The first-order chi connectivity index (χ1) is 12.5. The lowest BCUT2D eigenvalue weighted by atomic mass is 10.2. The number of carbonyl (C=O) groups excluding carboxylic acids is 2. The molecule has 0 spiro atoms. The molecule has 1 unspecified atom stereocenters. The van der Waals surface area contributed by atoms with Gasteiger partial charge in [0.05, 0.1) is 12.8 Å². The van der Waals surface area contributed by atoms with Crippen molar-refractivity contribution in [3.63, 3.8) is 0 Å². The van der Waals surface area contributed by atoms with Gasteiger partial charge in [-0.25, -0.2) is 0 Å². The van der Waals surface area contributed by atoms with E-state index in [0.29, 0.717) is 26.1 Å². The fourth-order valence-corrected chi connectivity index (χ4v) is 3.37. The largest absolute Gasteiger partial charge is 0.495 e.